The summed E-state index contributed by atoms with van der Waals surface area (Å²) in [4.78, 5) is 12.4. The highest BCUT2D eigenvalue weighted by atomic mass is 79.9. The van der Waals surface area contributed by atoms with E-state index in [4.69, 9.17) is 0 Å². The number of anilines is 1. The van der Waals surface area contributed by atoms with Crippen LogP contribution in [0.1, 0.15) is 42.4 Å². The first-order valence-corrected chi connectivity index (χ1v) is 7.62. The number of halogens is 1. The molecule has 1 N–H and O–H groups in total. The fourth-order valence-corrected chi connectivity index (χ4v) is 2.48. The molecule has 0 spiro atoms. The molecule has 0 atom stereocenters. The summed E-state index contributed by atoms with van der Waals surface area (Å²) in [7, 11) is 0. The van der Waals surface area contributed by atoms with Gasteiger partial charge in [-0.1, -0.05) is 15.9 Å². The molecule has 4 nitrogen and oxygen atoms in total. The molecular formula is C16H20BrN3O. The summed E-state index contributed by atoms with van der Waals surface area (Å²) in [6, 6.07) is 5.74. The van der Waals surface area contributed by atoms with Crippen LogP contribution in [-0.4, -0.2) is 15.7 Å². The highest BCUT2D eigenvalue weighted by molar-refractivity contribution is 9.10. The molecule has 5 heteroatoms. The maximum atomic E-state index is 12.4. The number of nitrogens with zero attached hydrogens (tertiary/aromatic N) is 2. The standard InChI is InChI=1S/C16H20BrN3O/c1-10-8-12(6-7-14(10)17)19-15(21)13-9-18-20(11(13)2)16(3,4)5/h6-9H,1-5H3,(H,19,21). The van der Waals surface area contributed by atoms with E-state index in [9.17, 15) is 4.79 Å². The van der Waals surface area contributed by atoms with E-state index < -0.39 is 0 Å². The van der Waals surface area contributed by atoms with E-state index in [1.807, 2.05) is 36.7 Å². The Morgan fingerprint density at radius 2 is 1.95 bits per heavy atom. The monoisotopic (exact) mass is 349 g/mol. The van der Waals surface area contributed by atoms with Crippen molar-refractivity contribution in [2.45, 2.75) is 40.2 Å². The van der Waals surface area contributed by atoms with Gasteiger partial charge in [0.05, 0.1) is 17.3 Å². The minimum Gasteiger partial charge on any atom is -0.322 e. The average molecular weight is 350 g/mol. The predicted octanol–water partition coefficient (Wildman–Crippen LogP) is 4.27. The first-order valence-electron chi connectivity index (χ1n) is 6.83. The number of carbonyl (C=O) groups excluding carboxylic acids is 1. The second-order valence-corrected chi connectivity index (χ2v) is 7.00. The Hall–Kier alpha value is -1.62. The summed E-state index contributed by atoms with van der Waals surface area (Å²) >= 11 is 3.45. The molecule has 0 fully saturated rings. The fraction of sp³-hybridized carbons (Fsp3) is 0.375. The van der Waals surface area contributed by atoms with Crippen molar-refractivity contribution in [2.75, 3.05) is 5.32 Å². The molecule has 2 rings (SSSR count). The number of hydrogen-bond acceptors (Lipinski definition) is 2. The lowest BCUT2D eigenvalue weighted by Gasteiger charge is -2.21. The summed E-state index contributed by atoms with van der Waals surface area (Å²) in [6.45, 7) is 10.1. The average Bonchev–Trinajstić information content (AvgIpc) is 2.75. The molecule has 112 valence electrons. The van der Waals surface area contributed by atoms with Gasteiger partial charge in [0.25, 0.3) is 5.91 Å². The third-order valence-corrected chi connectivity index (χ3v) is 4.20. The third-order valence-electron chi connectivity index (χ3n) is 3.31. The van der Waals surface area contributed by atoms with Crippen molar-refractivity contribution < 1.29 is 4.79 Å². The van der Waals surface area contributed by atoms with Crippen LogP contribution in [0.5, 0.6) is 0 Å². The van der Waals surface area contributed by atoms with Crippen LogP contribution < -0.4 is 5.32 Å². The topological polar surface area (TPSA) is 46.9 Å². The van der Waals surface area contributed by atoms with Gasteiger partial charge in [0, 0.05) is 15.9 Å². The molecule has 0 bridgehead atoms. The SMILES string of the molecule is Cc1cc(NC(=O)c2cnn(C(C)(C)C)c2C)ccc1Br. The van der Waals surface area contributed by atoms with Gasteiger partial charge in [0.2, 0.25) is 0 Å². The fourth-order valence-electron chi connectivity index (χ4n) is 2.23. The van der Waals surface area contributed by atoms with Crippen LogP contribution in [-0.2, 0) is 5.54 Å². The zero-order valence-electron chi connectivity index (χ0n) is 13.0. The number of benzene rings is 1. The number of rotatable bonds is 2. The Labute approximate surface area is 133 Å². The van der Waals surface area contributed by atoms with Gasteiger partial charge in [-0.05, 0) is 58.4 Å². The number of aromatic nitrogens is 2. The lowest BCUT2D eigenvalue weighted by molar-refractivity contribution is 0.102. The van der Waals surface area contributed by atoms with Crippen molar-refractivity contribution in [1.29, 1.82) is 0 Å². The number of carbonyl (C=O) groups is 1. The van der Waals surface area contributed by atoms with E-state index >= 15 is 0 Å². The molecule has 1 heterocycles. The first kappa shape index (κ1) is 15.8. The quantitative estimate of drug-likeness (QED) is 0.879. The Morgan fingerprint density at radius 3 is 2.48 bits per heavy atom. The summed E-state index contributed by atoms with van der Waals surface area (Å²) < 4.78 is 2.90. The number of aryl methyl sites for hydroxylation is 1. The van der Waals surface area contributed by atoms with E-state index in [0.717, 1.165) is 21.4 Å². The van der Waals surface area contributed by atoms with Crippen LogP contribution in [0.2, 0.25) is 0 Å². The molecule has 1 aromatic heterocycles. The predicted molar refractivity (Wildman–Crippen MR) is 88.8 cm³/mol. The molecular weight excluding hydrogens is 330 g/mol. The van der Waals surface area contributed by atoms with Gasteiger partial charge in [0.1, 0.15) is 0 Å². The lowest BCUT2D eigenvalue weighted by atomic mass is 10.1. The largest absolute Gasteiger partial charge is 0.322 e. The third kappa shape index (κ3) is 3.35. The molecule has 0 aliphatic carbocycles. The van der Waals surface area contributed by atoms with E-state index in [-0.39, 0.29) is 11.4 Å². The van der Waals surface area contributed by atoms with E-state index in [1.54, 1.807) is 6.20 Å². The molecule has 0 saturated carbocycles. The second kappa shape index (κ2) is 5.64. The Morgan fingerprint density at radius 1 is 1.29 bits per heavy atom. The summed E-state index contributed by atoms with van der Waals surface area (Å²) in [5.41, 5.74) is 3.19. The lowest BCUT2D eigenvalue weighted by Crippen LogP contribution is -2.25. The van der Waals surface area contributed by atoms with Crippen molar-refractivity contribution in [3.05, 3.63) is 45.7 Å². The van der Waals surface area contributed by atoms with Crippen molar-refractivity contribution in [3.8, 4) is 0 Å². The summed E-state index contributed by atoms with van der Waals surface area (Å²) in [5.74, 6) is -0.135. The molecule has 21 heavy (non-hydrogen) atoms. The minimum absolute atomic E-state index is 0.135. The highest BCUT2D eigenvalue weighted by Gasteiger charge is 2.21. The van der Waals surface area contributed by atoms with E-state index in [0.29, 0.717) is 5.56 Å². The van der Waals surface area contributed by atoms with Crippen molar-refractivity contribution in [2.24, 2.45) is 0 Å². The van der Waals surface area contributed by atoms with Crippen LogP contribution >= 0.6 is 15.9 Å². The molecule has 0 radical (unpaired) electrons. The molecule has 0 unspecified atom stereocenters. The number of nitrogens with one attached hydrogen (secondary N) is 1. The molecule has 1 aromatic carbocycles. The van der Waals surface area contributed by atoms with Crippen molar-refractivity contribution in [3.63, 3.8) is 0 Å². The smallest absolute Gasteiger partial charge is 0.259 e. The maximum absolute atomic E-state index is 12.4. The molecule has 0 aliphatic heterocycles. The van der Waals surface area contributed by atoms with Crippen LogP contribution in [0.3, 0.4) is 0 Å². The van der Waals surface area contributed by atoms with Crippen LogP contribution in [0, 0.1) is 13.8 Å². The Kier molecular flexibility index (Phi) is 4.23. The van der Waals surface area contributed by atoms with Gasteiger partial charge in [-0.25, -0.2) is 0 Å². The molecule has 0 saturated heterocycles. The van der Waals surface area contributed by atoms with Crippen molar-refractivity contribution in [1.82, 2.24) is 9.78 Å². The zero-order chi connectivity index (χ0) is 15.8. The summed E-state index contributed by atoms with van der Waals surface area (Å²) in [5, 5.41) is 7.25. The van der Waals surface area contributed by atoms with Gasteiger partial charge in [-0.3, -0.25) is 9.48 Å². The Bertz CT molecular complexity index is 683. The van der Waals surface area contributed by atoms with Gasteiger partial charge < -0.3 is 5.32 Å². The van der Waals surface area contributed by atoms with Gasteiger partial charge >= 0.3 is 0 Å². The van der Waals surface area contributed by atoms with E-state index in [2.05, 4.69) is 47.1 Å². The zero-order valence-corrected chi connectivity index (χ0v) is 14.6. The van der Waals surface area contributed by atoms with Crippen LogP contribution in [0.25, 0.3) is 0 Å². The van der Waals surface area contributed by atoms with Gasteiger partial charge in [0.15, 0.2) is 0 Å². The maximum Gasteiger partial charge on any atom is 0.259 e. The first-order chi connectivity index (χ1) is 9.70. The molecule has 1 amide bonds. The Balaban J connectivity index is 2.25. The van der Waals surface area contributed by atoms with E-state index in [1.165, 1.54) is 0 Å². The van der Waals surface area contributed by atoms with Gasteiger partial charge in [-0.2, -0.15) is 5.10 Å². The van der Waals surface area contributed by atoms with Crippen LogP contribution in [0.4, 0.5) is 5.69 Å². The highest BCUT2D eigenvalue weighted by Crippen LogP contribution is 2.22. The molecule has 0 aliphatic rings. The minimum atomic E-state index is -0.142. The van der Waals surface area contributed by atoms with Crippen molar-refractivity contribution >= 4 is 27.5 Å². The second-order valence-electron chi connectivity index (χ2n) is 6.14. The van der Waals surface area contributed by atoms with Crippen LogP contribution in [0.15, 0.2) is 28.9 Å². The number of amides is 1. The summed E-state index contributed by atoms with van der Waals surface area (Å²) in [6.07, 6.45) is 1.63. The normalized spacial score (nSPS) is 11.5. The molecule has 2 aromatic rings. The number of hydrogen-bond donors (Lipinski definition) is 1. The van der Waals surface area contributed by atoms with Gasteiger partial charge in [-0.15, -0.1) is 0 Å².